The Morgan fingerprint density at radius 3 is 2.47 bits per heavy atom. The second-order valence-corrected chi connectivity index (χ2v) is 8.09. The molecule has 1 saturated carbocycles. The molecule has 6 nitrogen and oxygen atoms in total. The molecule has 0 bridgehead atoms. The molecular formula is C24H36N6. The molecule has 0 amide bonds. The fraction of sp³-hybridized carbons (Fsp3) is 0.542. The SMILES string of the molecule is CCCCNc1ncc(C(=N)c2ccc(NCCC)cc2)c(NC2CCCCC2)n1. The molecule has 0 atom stereocenters. The number of rotatable bonds is 11. The molecule has 1 fully saturated rings. The van der Waals surface area contributed by atoms with Gasteiger partial charge in [-0.2, -0.15) is 4.98 Å². The summed E-state index contributed by atoms with van der Waals surface area (Å²) in [7, 11) is 0. The van der Waals surface area contributed by atoms with Crippen LogP contribution in [0, 0.1) is 5.41 Å². The van der Waals surface area contributed by atoms with Crippen molar-refractivity contribution < 1.29 is 0 Å². The van der Waals surface area contributed by atoms with E-state index >= 15 is 0 Å². The summed E-state index contributed by atoms with van der Waals surface area (Å²) in [4.78, 5) is 9.25. The highest BCUT2D eigenvalue weighted by Crippen LogP contribution is 2.25. The predicted molar refractivity (Wildman–Crippen MR) is 127 cm³/mol. The predicted octanol–water partition coefficient (Wildman–Crippen LogP) is 5.67. The molecule has 4 N–H and O–H groups in total. The standard InChI is InChI=1S/C24H36N6/c1-3-5-16-27-24-28-17-21(23(30-24)29-20-9-7-6-8-10-20)22(25)18-11-13-19(14-12-18)26-15-4-2/h11-14,17,20,25-26H,3-10,15-16H2,1-2H3,(H2,27,28,29,30). The number of hydrogen-bond acceptors (Lipinski definition) is 6. The second kappa shape index (κ2) is 11.5. The highest BCUT2D eigenvalue weighted by molar-refractivity contribution is 6.13. The van der Waals surface area contributed by atoms with Gasteiger partial charge in [0, 0.05) is 36.6 Å². The van der Waals surface area contributed by atoms with E-state index in [1.54, 1.807) is 6.20 Å². The summed E-state index contributed by atoms with van der Waals surface area (Å²) >= 11 is 0. The number of nitrogens with one attached hydrogen (secondary N) is 4. The first kappa shape index (κ1) is 22.1. The average molecular weight is 409 g/mol. The van der Waals surface area contributed by atoms with Gasteiger partial charge < -0.3 is 16.0 Å². The maximum atomic E-state index is 8.82. The van der Waals surface area contributed by atoms with E-state index in [-0.39, 0.29) is 0 Å². The lowest BCUT2D eigenvalue weighted by molar-refractivity contribution is 0.462. The molecule has 30 heavy (non-hydrogen) atoms. The van der Waals surface area contributed by atoms with Gasteiger partial charge in [0.15, 0.2) is 0 Å². The van der Waals surface area contributed by atoms with E-state index in [4.69, 9.17) is 10.4 Å². The highest BCUT2D eigenvalue weighted by Gasteiger charge is 2.19. The van der Waals surface area contributed by atoms with E-state index in [2.05, 4.69) is 34.8 Å². The monoisotopic (exact) mass is 408 g/mol. The normalized spacial score (nSPS) is 14.3. The maximum Gasteiger partial charge on any atom is 0.224 e. The van der Waals surface area contributed by atoms with Crippen LogP contribution in [0.15, 0.2) is 30.5 Å². The number of unbranched alkanes of at least 4 members (excludes halogenated alkanes) is 1. The largest absolute Gasteiger partial charge is 0.385 e. The summed E-state index contributed by atoms with van der Waals surface area (Å²) < 4.78 is 0. The van der Waals surface area contributed by atoms with Gasteiger partial charge in [0.25, 0.3) is 0 Å². The Morgan fingerprint density at radius 1 is 1.00 bits per heavy atom. The topological polar surface area (TPSA) is 85.7 Å². The van der Waals surface area contributed by atoms with Crippen LogP contribution in [0.2, 0.25) is 0 Å². The Hall–Kier alpha value is -2.63. The minimum absolute atomic E-state index is 0.421. The van der Waals surface area contributed by atoms with Crippen molar-refractivity contribution in [2.24, 2.45) is 0 Å². The molecule has 162 valence electrons. The molecule has 2 aromatic rings. The van der Waals surface area contributed by atoms with Gasteiger partial charge in [-0.05, 0) is 37.8 Å². The van der Waals surface area contributed by atoms with E-state index in [0.717, 1.165) is 67.8 Å². The van der Waals surface area contributed by atoms with E-state index in [1.807, 2.05) is 24.3 Å². The van der Waals surface area contributed by atoms with E-state index < -0.39 is 0 Å². The summed E-state index contributed by atoms with van der Waals surface area (Å²) in [5.74, 6) is 1.41. The van der Waals surface area contributed by atoms with Crippen molar-refractivity contribution >= 4 is 23.2 Å². The van der Waals surface area contributed by atoms with Gasteiger partial charge in [-0.3, -0.25) is 5.41 Å². The third-order valence-electron chi connectivity index (χ3n) is 5.57. The first-order valence-corrected chi connectivity index (χ1v) is 11.5. The van der Waals surface area contributed by atoms with Gasteiger partial charge >= 0.3 is 0 Å². The highest BCUT2D eigenvalue weighted by atomic mass is 15.1. The molecule has 0 radical (unpaired) electrons. The van der Waals surface area contributed by atoms with Gasteiger partial charge in [-0.15, -0.1) is 0 Å². The van der Waals surface area contributed by atoms with Crippen molar-refractivity contribution in [1.29, 1.82) is 5.41 Å². The Kier molecular flexibility index (Phi) is 8.48. The van der Waals surface area contributed by atoms with Crippen molar-refractivity contribution in [1.82, 2.24) is 9.97 Å². The van der Waals surface area contributed by atoms with Gasteiger partial charge in [0.05, 0.1) is 11.3 Å². The third kappa shape index (κ3) is 6.18. The van der Waals surface area contributed by atoms with Gasteiger partial charge in [-0.25, -0.2) is 4.98 Å². The fourth-order valence-corrected chi connectivity index (χ4v) is 3.76. The van der Waals surface area contributed by atoms with E-state index in [9.17, 15) is 0 Å². The van der Waals surface area contributed by atoms with Gasteiger partial charge in [0.1, 0.15) is 5.82 Å². The zero-order chi connectivity index (χ0) is 21.2. The van der Waals surface area contributed by atoms with Crippen LogP contribution in [0.25, 0.3) is 0 Å². The molecule has 1 aromatic heterocycles. The minimum Gasteiger partial charge on any atom is -0.385 e. The molecule has 3 rings (SSSR count). The van der Waals surface area contributed by atoms with Crippen LogP contribution < -0.4 is 16.0 Å². The van der Waals surface area contributed by atoms with Gasteiger partial charge in [-0.1, -0.05) is 51.7 Å². The molecule has 0 unspecified atom stereocenters. The Morgan fingerprint density at radius 2 is 1.77 bits per heavy atom. The van der Waals surface area contributed by atoms with Crippen LogP contribution in [0.1, 0.15) is 76.3 Å². The van der Waals surface area contributed by atoms with Crippen LogP contribution in [0.3, 0.4) is 0 Å². The minimum atomic E-state index is 0.421. The summed E-state index contributed by atoms with van der Waals surface area (Å²) in [6, 6.07) is 8.49. The average Bonchev–Trinajstić information content (AvgIpc) is 2.79. The zero-order valence-electron chi connectivity index (χ0n) is 18.4. The van der Waals surface area contributed by atoms with E-state index in [0.29, 0.717) is 17.7 Å². The summed E-state index contributed by atoms with van der Waals surface area (Å²) in [6.45, 7) is 6.14. The lowest BCUT2D eigenvalue weighted by Gasteiger charge is -2.24. The quantitative estimate of drug-likeness (QED) is 0.284. The van der Waals surface area contributed by atoms with Crippen molar-refractivity contribution in [3.05, 3.63) is 41.6 Å². The molecule has 1 aromatic carbocycles. The number of nitrogens with zero attached hydrogens (tertiary/aromatic N) is 2. The number of hydrogen-bond donors (Lipinski definition) is 4. The smallest absolute Gasteiger partial charge is 0.224 e. The first-order valence-electron chi connectivity index (χ1n) is 11.5. The van der Waals surface area contributed by atoms with Crippen molar-refractivity contribution in [3.63, 3.8) is 0 Å². The Bertz CT molecular complexity index is 796. The van der Waals surface area contributed by atoms with Gasteiger partial charge in [0.2, 0.25) is 5.95 Å². The van der Waals surface area contributed by atoms with Crippen molar-refractivity contribution in [2.75, 3.05) is 29.0 Å². The molecule has 1 aliphatic carbocycles. The van der Waals surface area contributed by atoms with Crippen LogP contribution in [-0.4, -0.2) is 34.8 Å². The molecule has 1 aliphatic rings. The number of anilines is 3. The zero-order valence-corrected chi connectivity index (χ0v) is 18.4. The molecular weight excluding hydrogens is 372 g/mol. The Labute approximate surface area is 180 Å². The summed E-state index contributed by atoms with van der Waals surface area (Å²) in [6.07, 6.45) is 11.2. The first-order chi connectivity index (χ1) is 14.7. The second-order valence-electron chi connectivity index (χ2n) is 8.09. The fourth-order valence-electron chi connectivity index (χ4n) is 3.76. The summed E-state index contributed by atoms with van der Waals surface area (Å²) in [5.41, 5.74) is 3.17. The van der Waals surface area contributed by atoms with Crippen LogP contribution in [-0.2, 0) is 0 Å². The number of benzene rings is 1. The Balaban J connectivity index is 1.80. The van der Waals surface area contributed by atoms with Crippen molar-refractivity contribution in [2.45, 2.75) is 71.3 Å². The number of aromatic nitrogens is 2. The molecule has 0 saturated heterocycles. The van der Waals surface area contributed by atoms with Crippen LogP contribution in [0.5, 0.6) is 0 Å². The molecule has 0 aliphatic heterocycles. The van der Waals surface area contributed by atoms with Crippen LogP contribution >= 0.6 is 0 Å². The summed E-state index contributed by atoms with van der Waals surface area (Å²) in [5, 5.41) is 19.1. The molecule has 1 heterocycles. The third-order valence-corrected chi connectivity index (χ3v) is 5.57. The van der Waals surface area contributed by atoms with Crippen LogP contribution in [0.4, 0.5) is 17.5 Å². The van der Waals surface area contributed by atoms with Crippen molar-refractivity contribution in [3.8, 4) is 0 Å². The molecule has 6 heteroatoms. The molecule has 0 spiro atoms. The van der Waals surface area contributed by atoms with E-state index in [1.165, 1.54) is 19.3 Å². The lowest BCUT2D eigenvalue weighted by atomic mass is 9.95. The lowest BCUT2D eigenvalue weighted by Crippen LogP contribution is -2.25. The maximum absolute atomic E-state index is 8.82.